The molecule has 0 radical (unpaired) electrons. The molecule has 13 heavy (non-hydrogen) atoms. The molecule has 6 heteroatoms. The van der Waals surface area contributed by atoms with E-state index in [1.807, 2.05) is 0 Å². The Morgan fingerprint density at radius 1 is 1.46 bits per heavy atom. The molecule has 78 valence electrons. The van der Waals surface area contributed by atoms with Gasteiger partial charge in [-0.05, 0) is 6.42 Å². The molecule has 0 aromatic carbocycles. The molecule has 1 aliphatic rings. The molecule has 1 aliphatic carbocycles. The van der Waals surface area contributed by atoms with Gasteiger partial charge in [-0.3, -0.25) is 0 Å². The smallest absolute Gasteiger partial charge is 0.280 e. The predicted octanol–water partition coefficient (Wildman–Crippen LogP) is -0.944. The van der Waals surface area contributed by atoms with E-state index in [1.165, 1.54) is 7.11 Å². The molecule has 0 aliphatic heterocycles. The summed E-state index contributed by atoms with van der Waals surface area (Å²) in [6.45, 7) is 0. The number of hydrogen-bond acceptors (Lipinski definition) is 4. The Labute approximate surface area is 74.8 Å². The molecule has 0 unspecified atom stereocenters. The molecule has 4 nitrogen and oxygen atoms in total. The van der Waals surface area contributed by atoms with Crippen LogP contribution in [0, 0.1) is 0 Å². The van der Waals surface area contributed by atoms with Gasteiger partial charge in [-0.1, -0.05) is 0 Å². The van der Waals surface area contributed by atoms with E-state index in [1.54, 1.807) is 0 Å². The molecule has 0 aromatic heterocycles. The van der Waals surface area contributed by atoms with Crippen molar-refractivity contribution < 1.29 is 18.6 Å². The van der Waals surface area contributed by atoms with Gasteiger partial charge < -0.3 is 21.3 Å². The topological polar surface area (TPSA) is 81.5 Å². The van der Waals surface area contributed by atoms with Crippen LogP contribution in [0.4, 0.5) is 8.78 Å². The van der Waals surface area contributed by atoms with Crippen molar-refractivity contribution in [2.45, 2.75) is 36.6 Å². The van der Waals surface area contributed by atoms with Gasteiger partial charge in [0.2, 0.25) is 0 Å². The highest BCUT2D eigenvalue weighted by molar-refractivity contribution is 5.03. The molecule has 0 spiro atoms. The average molecular weight is 196 g/mol. The second-order valence-electron chi connectivity index (χ2n) is 3.31. The minimum Gasteiger partial charge on any atom is -0.390 e. The molecule has 0 heterocycles. The normalized spacial score (nSPS) is 44.8. The number of hydrogen-bond donors (Lipinski definition) is 3. The molecule has 0 saturated heterocycles. The summed E-state index contributed by atoms with van der Waals surface area (Å²) in [7, 11) is 1.24. The van der Waals surface area contributed by atoms with Crippen molar-refractivity contribution in [3.05, 3.63) is 0 Å². The Morgan fingerprint density at radius 2 is 2.00 bits per heavy atom. The highest BCUT2D eigenvalue weighted by Gasteiger charge is 2.54. The number of ether oxygens (including phenoxy) is 1. The van der Waals surface area contributed by atoms with Gasteiger partial charge in [0.1, 0.15) is 6.10 Å². The molecular weight excluding hydrogens is 182 g/mol. The summed E-state index contributed by atoms with van der Waals surface area (Å²) in [4.78, 5) is 0. The van der Waals surface area contributed by atoms with Gasteiger partial charge in [0.15, 0.2) is 0 Å². The Balaban J connectivity index is 2.82. The van der Waals surface area contributed by atoms with E-state index in [2.05, 4.69) is 4.74 Å². The van der Waals surface area contributed by atoms with Gasteiger partial charge >= 0.3 is 0 Å². The Kier molecular flexibility index (Phi) is 2.86. The minimum atomic E-state index is -3.18. The largest absolute Gasteiger partial charge is 0.390 e. The fourth-order valence-corrected chi connectivity index (χ4v) is 1.56. The van der Waals surface area contributed by atoms with E-state index in [0.29, 0.717) is 0 Å². The van der Waals surface area contributed by atoms with Gasteiger partial charge in [0, 0.05) is 7.11 Å². The van der Waals surface area contributed by atoms with Gasteiger partial charge in [-0.15, -0.1) is 0 Å². The highest BCUT2D eigenvalue weighted by Crippen LogP contribution is 2.33. The Morgan fingerprint density at radius 3 is 2.46 bits per heavy atom. The third kappa shape index (κ3) is 1.67. The summed E-state index contributed by atoms with van der Waals surface area (Å²) in [6.07, 6.45) is -2.26. The summed E-state index contributed by atoms with van der Waals surface area (Å²) in [5.41, 5.74) is 10.4. The number of aliphatic hydroxyl groups is 1. The third-order valence-corrected chi connectivity index (χ3v) is 2.44. The minimum absolute atomic E-state index is 0.195. The number of halogens is 2. The SMILES string of the molecule is CO[C@H]1[C@H](O)C[C@H](N)C(F)(F)[C@@H]1N. The van der Waals surface area contributed by atoms with E-state index in [9.17, 15) is 13.9 Å². The fourth-order valence-electron chi connectivity index (χ4n) is 1.56. The van der Waals surface area contributed by atoms with Crippen LogP contribution in [0.5, 0.6) is 0 Å². The molecule has 1 fully saturated rings. The summed E-state index contributed by atoms with van der Waals surface area (Å²) in [5.74, 6) is -3.18. The maximum atomic E-state index is 13.2. The van der Waals surface area contributed by atoms with Crippen LogP contribution >= 0.6 is 0 Å². The predicted molar refractivity (Wildman–Crippen MR) is 42.3 cm³/mol. The second-order valence-corrected chi connectivity index (χ2v) is 3.31. The van der Waals surface area contributed by atoms with Crippen LogP contribution in [0.2, 0.25) is 0 Å². The van der Waals surface area contributed by atoms with Gasteiger partial charge in [-0.25, -0.2) is 8.78 Å². The number of aliphatic hydroxyl groups excluding tert-OH is 1. The number of rotatable bonds is 1. The molecule has 0 amide bonds. The van der Waals surface area contributed by atoms with Crippen molar-refractivity contribution in [3.63, 3.8) is 0 Å². The first kappa shape index (κ1) is 10.8. The average Bonchev–Trinajstić information content (AvgIpc) is 2.03. The zero-order valence-electron chi connectivity index (χ0n) is 7.28. The molecule has 0 aromatic rings. The van der Waals surface area contributed by atoms with E-state index in [0.717, 1.165) is 0 Å². The highest BCUT2D eigenvalue weighted by atomic mass is 19.3. The van der Waals surface area contributed by atoms with Crippen molar-refractivity contribution in [3.8, 4) is 0 Å². The van der Waals surface area contributed by atoms with Crippen LogP contribution in [0.25, 0.3) is 0 Å². The van der Waals surface area contributed by atoms with Gasteiger partial charge in [-0.2, -0.15) is 0 Å². The standard InChI is InChI=1S/C7H14F2N2O2/c1-13-5-3(12)2-4(10)7(8,9)6(5)11/h3-6,12H,2,10-11H2,1H3/t3-,4+,5+,6-/m1/s1. The van der Waals surface area contributed by atoms with Crippen LogP contribution in [0.15, 0.2) is 0 Å². The molecule has 1 saturated carbocycles. The fraction of sp³-hybridized carbons (Fsp3) is 1.00. The Hall–Kier alpha value is -0.300. The third-order valence-electron chi connectivity index (χ3n) is 2.44. The lowest BCUT2D eigenvalue weighted by Gasteiger charge is -2.41. The van der Waals surface area contributed by atoms with Crippen LogP contribution in [-0.4, -0.2) is 42.4 Å². The van der Waals surface area contributed by atoms with E-state index in [-0.39, 0.29) is 6.42 Å². The first-order valence-corrected chi connectivity index (χ1v) is 4.01. The van der Waals surface area contributed by atoms with Crippen LogP contribution in [-0.2, 0) is 4.74 Å². The van der Waals surface area contributed by atoms with Crippen molar-refractivity contribution in [2.75, 3.05) is 7.11 Å². The lowest BCUT2D eigenvalue weighted by Crippen LogP contribution is -2.66. The van der Waals surface area contributed by atoms with Gasteiger partial charge in [0.05, 0.1) is 18.2 Å². The summed E-state index contributed by atoms with van der Waals surface area (Å²) >= 11 is 0. The van der Waals surface area contributed by atoms with Gasteiger partial charge in [0.25, 0.3) is 5.92 Å². The Bertz CT molecular complexity index is 191. The molecule has 5 N–H and O–H groups in total. The summed E-state index contributed by atoms with van der Waals surface area (Å²) in [5, 5.41) is 9.32. The molecule has 4 atom stereocenters. The van der Waals surface area contributed by atoms with E-state index >= 15 is 0 Å². The maximum Gasteiger partial charge on any atom is 0.280 e. The lowest BCUT2D eigenvalue weighted by molar-refractivity contribution is -0.158. The van der Waals surface area contributed by atoms with Crippen molar-refractivity contribution >= 4 is 0 Å². The van der Waals surface area contributed by atoms with Crippen LogP contribution < -0.4 is 11.5 Å². The summed E-state index contributed by atoms with van der Waals surface area (Å²) in [6, 6.07) is -2.94. The van der Waals surface area contributed by atoms with Crippen molar-refractivity contribution in [1.82, 2.24) is 0 Å². The number of methoxy groups -OCH3 is 1. The molecule has 0 bridgehead atoms. The molecule has 1 rings (SSSR count). The first-order valence-electron chi connectivity index (χ1n) is 4.01. The summed E-state index contributed by atoms with van der Waals surface area (Å²) < 4.78 is 31.0. The van der Waals surface area contributed by atoms with E-state index < -0.39 is 30.2 Å². The van der Waals surface area contributed by atoms with E-state index in [4.69, 9.17) is 11.5 Å². The first-order chi connectivity index (χ1) is 5.91. The number of nitrogens with two attached hydrogens (primary N) is 2. The quantitative estimate of drug-likeness (QED) is 0.505. The van der Waals surface area contributed by atoms with Crippen LogP contribution in [0.1, 0.15) is 6.42 Å². The lowest BCUT2D eigenvalue weighted by atomic mass is 9.84. The number of alkyl halides is 2. The van der Waals surface area contributed by atoms with Crippen molar-refractivity contribution in [1.29, 1.82) is 0 Å². The van der Waals surface area contributed by atoms with Crippen LogP contribution in [0.3, 0.4) is 0 Å². The zero-order valence-corrected chi connectivity index (χ0v) is 7.28. The maximum absolute atomic E-state index is 13.2. The monoisotopic (exact) mass is 196 g/mol. The van der Waals surface area contributed by atoms with Crippen molar-refractivity contribution in [2.24, 2.45) is 11.5 Å². The second kappa shape index (κ2) is 3.45. The molecular formula is C7H14F2N2O2. The zero-order chi connectivity index (χ0) is 10.2.